The number of esters is 1. The van der Waals surface area contributed by atoms with Crippen molar-refractivity contribution in [3.63, 3.8) is 0 Å². The first-order valence-corrected chi connectivity index (χ1v) is 5.40. The Morgan fingerprint density at radius 2 is 2.27 bits per heavy atom. The molecule has 1 aromatic carbocycles. The fraction of sp³-hybridized carbons (Fsp3) is 0.364. The zero-order chi connectivity index (χ0) is 11.3. The van der Waals surface area contributed by atoms with Crippen LogP contribution in [0.5, 0.6) is 0 Å². The van der Waals surface area contributed by atoms with E-state index in [2.05, 4.69) is 15.9 Å². The average molecular weight is 273 g/mol. The third-order valence-electron chi connectivity index (χ3n) is 1.71. The normalized spacial score (nSPS) is 12.2. The van der Waals surface area contributed by atoms with Gasteiger partial charge in [-0.15, -0.1) is 0 Å². The van der Waals surface area contributed by atoms with Gasteiger partial charge in [0.15, 0.2) is 6.29 Å². The van der Waals surface area contributed by atoms with E-state index in [0.29, 0.717) is 6.61 Å². The maximum absolute atomic E-state index is 10.6. The first-order valence-electron chi connectivity index (χ1n) is 4.61. The molecule has 3 nitrogen and oxygen atoms in total. The highest BCUT2D eigenvalue weighted by Gasteiger charge is 2.05. The van der Waals surface area contributed by atoms with E-state index >= 15 is 0 Å². The molecule has 0 radical (unpaired) electrons. The van der Waals surface area contributed by atoms with Crippen LogP contribution >= 0.6 is 15.9 Å². The van der Waals surface area contributed by atoms with Crippen LogP contribution in [-0.2, 0) is 20.9 Å². The Hall–Kier alpha value is -0.870. The van der Waals surface area contributed by atoms with E-state index in [4.69, 9.17) is 9.47 Å². The van der Waals surface area contributed by atoms with Crippen LogP contribution in [0.3, 0.4) is 0 Å². The van der Waals surface area contributed by atoms with Gasteiger partial charge < -0.3 is 9.47 Å². The van der Waals surface area contributed by atoms with Crippen molar-refractivity contribution in [1.29, 1.82) is 0 Å². The lowest BCUT2D eigenvalue weighted by molar-refractivity contribution is -0.174. The van der Waals surface area contributed by atoms with Crippen LogP contribution in [0.4, 0.5) is 0 Å². The van der Waals surface area contributed by atoms with Gasteiger partial charge in [0.1, 0.15) is 0 Å². The molecule has 0 fully saturated rings. The summed E-state index contributed by atoms with van der Waals surface area (Å²) in [4.78, 5) is 10.6. The molecule has 1 aromatic rings. The van der Waals surface area contributed by atoms with E-state index in [1.54, 1.807) is 6.92 Å². The maximum Gasteiger partial charge on any atom is 0.304 e. The summed E-state index contributed by atoms with van der Waals surface area (Å²) in [6.45, 7) is 3.48. The average Bonchev–Trinajstić information content (AvgIpc) is 2.14. The summed E-state index contributed by atoms with van der Waals surface area (Å²) < 4.78 is 11.2. The summed E-state index contributed by atoms with van der Waals surface area (Å²) in [7, 11) is 0. The van der Waals surface area contributed by atoms with Crippen molar-refractivity contribution in [2.75, 3.05) is 0 Å². The maximum atomic E-state index is 10.6. The Labute approximate surface area is 97.5 Å². The molecule has 0 amide bonds. The summed E-state index contributed by atoms with van der Waals surface area (Å²) in [5.74, 6) is -0.336. The van der Waals surface area contributed by atoms with E-state index in [9.17, 15) is 4.79 Å². The molecule has 1 rings (SSSR count). The monoisotopic (exact) mass is 272 g/mol. The van der Waals surface area contributed by atoms with Gasteiger partial charge >= 0.3 is 5.97 Å². The zero-order valence-electron chi connectivity index (χ0n) is 8.70. The van der Waals surface area contributed by atoms with Crippen molar-refractivity contribution in [3.05, 3.63) is 34.3 Å². The molecule has 0 spiro atoms. The third kappa shape index (κ3) is 4.95. The minimum atomic E-state index is -0.513. The van der Waals surface area contributed by atoms with E-state index < -0.39 is 6.29 Å². The second-order valence-corrected chi connectivity index (χ2v) is 4.03. The minimum absolute atomic E-state index is 0.336. The minimum Gasteiger partial charge on any atom is -0.436 e. The highest BCUT2D eigenvalue weighted by atomic mass is 79.9. The van der Waals surface area contributed by atoms with Crippen molar-refractivity contribution in [1.82, 2.24) is 0 Å². The number of rotatable bonds is 4. The van der Waals surface area contributed by atoms with Gasteiger partial charge in [-0.1, -0.05) is 28.1 Å². The van der Waals surface area contributed by atoms with Gasteiger partial charge in [-0.3, -0.25) is 4.79 Å². The molecule has 1 unspecified atom stereocenters. The van der Waals surface area contributed by atoms with Crippen molar-refractivity contribution >= 4 is 21.9 Å². The Morgan fingerprint density at radius 3 is 2.87 bits per heavy atom. The van der Waals surface area contributed by atoms with E-state index in [1.807, 2.05) is 24.3 Å². The van der Waals surface area contributed by atoms with Gasteiger partial charge in [0.05, 0.1) is 6.61 Å². The molecule has 0 saturated carbocycles. The van der Waals surface area contributed by atoms with Gasteiger partial charge in [-0.05, 0) is 24.6 Å². The van der Waals surface area contributed by atoms with Gasteiger partial charge in [-0.25, -0.2) is 0 Å². The van der Waals surface area contributed by atoms with Gasteiger partial charge in [0, 0.05) is 11.4 Å². The van der Waals surface area contributed by atoms with Gasteiger partial charge in [0.2, 0.25) is 0 Å². The topological polar surface area (TPSA) is 35.5 Å². The molecule has 82 valence electrons. The number of hydrogen-bond donors (Lipinski definition) is 0. The Balaban J connectivity index is 2.40. The van der Waals surface area contributed by atoms with Crippen molar-refractivity contribution in [2.24, 2.45) is 0 Å². The molecule has 0 aliphatic heterocycles. The molecule has 15 heavy (non-hydrogen) atoms. The number of carbonyl (C=O) groups is 1. The van der Waals surface area contributed by atoms with Crippen LogP contribution < -0.4 is 0 Å². The quantitative estimate of drug-likeness (QED) is 0.625. The van der Waals surface area contributed by atoms with Crippen molar-refractivity contribution < 1.29 is 14.3 Å². The lowest BCUT2D eigenvalue weighted by Crippen LogP contribution is -2.15. The van der Waals surface area contributed by atoms with Crippen molar-refractivity contribution in [2.45, 2.75) is 26.7 Å². The summed E-state index contributed by atoms with van der Waals surface area (Å²) in [5, 5.41) is 0. The first-order chi connectivity index (χ1) is 7.08. The number of hydrogen-bond acceptors (Lipinski definition) is 3. The van der Waals surface area contributed by atoms with Gasteiger partial charge in [0.25, 0.3) is 0 Å². The lowest BCUT2D eigenvalue weighted by Gasteiger charge is -2.12. The summed E-state index contributed by atoms with van der Waals surface area (Å²) in [6.07, 6.45) is -0.513. The highest BCUT2D eigenvalue weighted by Crippen LogP contribution is 2.13. The number of benzene rings is 1. The van der Waals surface area contributed by atoms with Crippen LogP contribution in [0.1, 0.15) is 19.4 Å². The molecular weight excluding hydrogens is 260 g/mol. The summed E-state index contributed by atoms with van der Waals surface area (Å²) in [5.41, 5.74) is 1.03. The van der Waals surface area contributed by atoms with E-state index in [-0.39, 0.29) is 5.97 Å². The van der Waals surface area contributed by atoms with Crippen LogP contribution in [0, 0.1) is 0 Å². The molecule has 1 atom stereocenters. The Bertz CT molecular complexity index is 338. The number of carbonyl (C=O) groups excluding carboxylic acids is 1. The second kappa shape index (κ2) is 5.88. The molecule has 4 heteroatoms. The molecule has 0 heterocycles. The molecule has 0 aliphatic carbocycles. The van der Waals surface area contributed by atoms with Crippen LogP contribution in [0.15, 0.2) is 28.7 Å². The SMILES string of the molecule is CC(=O)OC(C)OCc1cccc(Br)c1. The highest BCUT2D eigenvalue weighted by molar-refractivity contribution is 9.10. The van der Waals surface area contributed by atoms with E-state index in [1.165, 1.54) is 6.92 Å². The Morgan fingerprint density at radius 1 is 1.53 bits per heavy atom. The summed E-state index contributed by atoms with van der Waals surface area (Å²) in [6, 6.07) is 7.78. The van der Waals surface area contributed by atoms with Crippen LogP contribution in [-0.4, -0.2) is 12.3 Å². The van der Waals surface area contributed by atoms with Crippen LogP contribution in [0.25, 0.3) is 0 Å². The van der Waals surface area contributed by atoms with Crippen LogP contribution in [0.2, 0.25) is 0 Å². The number of ether oxygens (including phenoxy) is 2. The predicted molar refractivity (Wildman–Crippen MR) is 60.2 cm³/mol. The predicted octanol–water partition coefficient (Wildman–Crippen LogP) is 2.87. The smallest absolute Gasteiger partial charge is 0.304 e. The zero-order valence-corrected chi connectivity index (χ0v) is 10.3. The molecule has 0 aromatic heterocycles. The second-order valence-electron chi connectivity index (χ2n) is 3.12. The Kier molecular flexibility index (Phi) is 4.78. The summed E-state index contributed by atoms with van der Waals surface area (Å²) >= 11 is 3.37. The molecule has 0 bridgehead atoms. The lowest BCUT2D eigenvalue weighted by atomic mass is 10.2. The number of halogens is 1. The largest absolute Gasteiger partial charge is 0.436 e. The van der Waals surface area contributed by atoms with Gasteiger partial charge in [-0.2, -0.15) is 0 Å². The fourth-order valence-electron chi connectivity index (χ4n) is 1.11. The molecular formula is C11H13BrO3. The van der Waals surface area contributed by atoms with Crippen molar-refractivity contribution in [3.8, 4) is 0 Å². The standard InChI is InChI=1S/C11H13BrO3/c1-8(13)15-9(2)14-7-10-4-3-5-11(12)6-10/h3-6,9H,7H2,1-2H3. The third-order valence-corrected chi connectivity index (χ3v) is 2.20. The first kappa shape index (κ1) is 12.2. The fourth-order valence-corrected chi connectivity index (χ4v) is 1.55. The molecule has 0 saturated heterocycles. The molecule has 0 aliphatic rings. The van der Waals surface area contributed by atoms with E-state index in [0.717, 1.165) is 10.0 Å². The molecule has 0 N–H and O–H groups in total.